The standard InChI is InChI=1S/C33H34F2N2O5.Na.H/c1-20(2)37-28(17-16-26(38)18-27(39)19-29(40)41)30(22-8-10-23(34)11-9-22)31(21-6-4-3-5-7-21)32(37)33(42)36-25-14-12-24(35)13-15-25;;/h3-15,20,26-27,38-39H,16-19H2,1-2H3,(H,36,42)(H,40,41);;/q;+1;-1/t26?,27-;;/m1../s1. The van der Waals surface area contributed by atoms with Crippen LogP contribution in [0.15, 0.2) is 78.9 Å². The van der Waals surface area contributed by atoms with Crippen molar-refractivity contribution >= 4 is 17.6 Å². The van der Waals surface area contributed by atoms with Crippen LogP contribution in [0.25, 0.3) is 22.3 Å². The van der Waals surface area contributed by atoms with Crippen molar-refractivity contribution in [3.8, 4) is 22.3 Å². The van der Waals surface area contributed by atoms with Gasteiger partial charge in [-0.25, -0.2) is 8.78 Å². The number of amides is 1. The molecule has 7 nitrogen and oxygen atoms in total. The van der Waals surface area contributed by atoms with Gasteiger partial charge in [0.2, 0.25) is 0 Å². The van der Waals surface area contributed by atoms with Gasteiger partial charge >= 0.3 is 35.5 Å². The molecule has 1 amide bonds. The van der Waals surface area contributed by atoms with Crippen molar-refractivity contribution in [1.29, 1.82) is 0 Å². The molecule has 1 unspecified atom stereocenters. The quantitative estimate of drug-likeness (QED) is 0.186. The fraction of sp³-hybridized carbons (Fsp3) is 0.273. The molecule has 4 N–H and O–H groups in total. The number of aliphatic hydroxyl groups excluding tert-OH is 2. The molecule has 0 radical (unpaired) electrons. The Bertz CT molecular complexity index is 1530. The molecule has 0 aliphatic carbocycles. The van der Waals surface area contributed by atoms with E-state index in [-0.39, 0.29) is 56.3 Å². The fourth-order valence-electron chi connectivity index (χ4n) is 5.23. The van der Waals surface area contributed by atoms with E-state index in [1.54, 1.807) is 12.1 Å². The van der Waals surface area contributed by atoms with Crippen LogP contribution in [-0.2, 0) is 11.2 Å². The maximum absolute atomic E-state index is 14.0. The first-order valence-corrected chi connectivity index (χ1v) is 13.8. The molecule has 1 heterocycles. The van der Waals surface area contributed by atoms with E-state index in [0.717, 1.165) is 5.56 Å². The van der Waals surface area contributed by atoms with Gasteiger partial charge in [0.05, 0.1) is 18.6 Å². The molecule has 222 valence electrons. The van der Waals surface area contributed by atoms with E-state index in [1.807, 2.05) is 48.7 Å². The molecule has 3 aromatic carbocycles. The smallest absolute Gasteiger partial charge is 1.00 e. The average Bonchev–Trinajstić information content (AvgIpc) is 3.29. The molecule has 0 aliphatic heterocycles. The van der Waals surface area contributed by atoms with Crippen LogP contribution in [0.2, 0.25) is 0 Å². The largest absolute Gasteiger partial charge is 1.00 e. The second-order valence-corrected chi connectivity index (χ2v) is 10.5. The molecule has 0 spiro atoms. The molecule has 2 atom stereocenters. The summed E-state index contributed by atoms with van der Waals surface area (Å²) in [7, 11) is 0. The molecule has 4 rings (SSSR count). The van der Waals surface area contributed by atoms with E-state index in [4.69, 9.17) is 5.11 Å². The van der Waals surface area contributed by atoms with Gasteiger partial charge in [-0.2, -0.15) is 0 Å². The molecule has 0 aliphatic rings. The number of carboxylic acid groups (broad SMARTS) is 1. The number of aliphatic hydroxyl groups is 2. The number of nitrogens with zero attached hydrogens (tertiary/aromatic N) is 1. The first kappa shape index (κ1) is 34.2. The number of benzene rings is 3. The summed E-state index contributed by atoms with van der Waals surface area (Å²) in [6.07, 6.45) is -2.36. The van der Waals surface area contributed by atoms with E-state index in [9.17, 15) is 28.6 Å². The van der Waals surface area contributed by atoms with Crippen LogP contribution in [0.3, 0.4) is 0 Å². The number of carbonyl (C=O) groups is 2. The molecule has 4 aromatic rings. The molecule has 0 saturated carbocycles. The minimum absolute atomic E-state index is 0. The summed E-state index contributed by atoms with van der Waals surface area (Å²) in [5, 5.41) is 32.6. The summed E-state index contributed by atoms with van der Waals surface area (Å²) in [5.74, 6) is -2.44. The zero-order valence-corrected chi connectivity index (χ0v) is 26.4. The molecule has 0 bridgehead atoms. The summed E-state index contributed by atoms with van der Waals surface area (Å²) >= 11 is 0. The van der Waals surface area contributed by atoms with E-state index in [0.29, 0.717) is 33.8 Å². The number of hydrogen-bond donors (Lipinski definition) is 4. The Morgan fingerprint density at radius 1 is 0.837 bits per heavy atom. The molecule has 0 fully saturated rings. The van der Waals surface area contributed by atoms with Crippen molar-refractivity contribution in [2.24, 2.45) is 0 Å². The number of nitrogens with one attached hydrogen (secondary N) is 1. The number of aromatic nitrogens is 1. The Labute approximate surface area is 273 Å². The van der Waals surface area contributed by atoms with E-state index in [1.165, 1.54) is 36.4 Å². The Morgan fingerprint density at radius 2 is 1.40 bits per heavy atom. The van der Waals surface area contributed by atoms with Gasteiger partial charge in [0.1, 0.15) is 17.3 Å². The van der Waals surface area contributed by atoms with E-state index >= 15 is 0 Å². The normalized spacial score (nSPS) is 12.4. The predicted octanol–water partition coefficient (Wildman–Crippen LogP) is 3.57. The monoisotopic (exact) mass is 600 g/mol. The minimum atomic E-state index is -1.21. The van der Waals surface area contributed by atoms with Gasteiger partial charge < -0.3 is 26.6 Å². The van der Waals surface area contributed by atoms with Gasteiger partial charge in [0.15, 0.2) is 0 Å². The van der Waals surface area contributed by atoms with Crippen LogP contribution in [0.1, 0.15) is 56.8 Å². The molecule has 43 heavy (non-hydrogen) atoms. The summed E-state index contributed by atoms with van der Waals surface area (Å²) < 4.78 is 29.5. The van der Waals surface area contributed by atoms with Gasteiger partial charge in [-0.05, 0) is 80.6 Å². The van der Waals surface area contributed by atoms with Crippen molar-refractivity contribution in [3.63, 3.8) is 0 Å². The first-order valence-electron chi connectivity index (χ1n) is 13.8. The van der Waals surface area contributed by atoms with Crippen molar-refractivity contribution in [3.05, 3.63) is 102 Å². The summed E-state index contributed by atoms with van der Waals surface area (Å²) in [6, 6.07) is 20.5. The zero-order chi connectivity index (χ0) is 30.4. The third-order valence-corrected chi connectivity index (χ3v) is 7.00. The Kier molecular flexibility index (Phi) is 12.2. The van der Waals surface area contributed by atoms with Gasteiger partial charge in [0.25, 0.3) is 5.91 Å². The number of carbonyl (C=O) groups excluding carboxylic acids is 1. The number of aliphatic carboxylic acids is 1. The Morgan fingerprint density at radius 3 is 1.95 bits per heavy atom. The van der Waals surface area contributed by atoms with Crippen LogP contribution >= 0.6 is 0 Å². The third-order valence-electron chi connectivity index (χ3n) is 7.00. The topological polar surface area (TPSA) is 112 Å². The van der Waals surface area contributed by atoms with Crippen molar-refractivity contribution in [2.75, 3.05) is 5.32 Å². The number of hydrogen-bond acceptors (Lipinski definition) is 4. The van der Waals surface area contributed by atoms with Crippen molar-refractivity contribution in [2.45, 2.75) is 57.8 Å². The van der Waals surface area contributed by atoms with Crippen LogP contribution in [0.5, 0.6) is 0 Å². The number of anilines is 1. The number of rotatable bonds is 12. The van der Waals surface area contributed by atoms with Crippen LogP contribution < -0.4 is 34.9 Å². The molecule has 10 heteroatoms. The van der Waals surface area contributed by atoms with Gasteiger partial charge in [-0.15, -0.1) is 0 Å². The van der Waals surface area contributed by atoms with Crippen LogP contribution in [0, 0.1) is 11.6 Å². The first-order chi connectivity index (χ1) is 20.0. The van der Waals surface area contributed by atoms with Crippen LogP contribution in [-0.4, -0.2) is 44.0 Å². The van der Waals surface area contributed by atoms with E-state index in [2.05, 4.69) is 5.32 Å². The molecular weight excluding hydrogens is 565 g/mol. The van der Waals surface area contributed by atoms with Crippen molar-refractivity contribution in [1.82, 2.24) is 4.57 Å². The fourth-order valence-corrected chi connectivity index (χ4v) is 5.23. The molecular formula is C33H35F2N2NaO5. The second-order valence-electron chi connectivity index (χ2n) is 10.5. The molecule has 1 aromatic heterocycles. The zero-order valence-electron chi connectivity index (χ0n) is 25.4. The summed E-state index contributed by atoms with van der Waals surface area (Å²) in [6.45, 7) is 3.85. The maximum atomic E-state index is 14.0. The number of carboxylic acids is 1. The van der Waals surface area contributed by atoms with Gasteiger partial charge in [-0.1, -0.05) is 42.5 Å². The average molecular weight is 601 g/mol. The Hall–Kier alpha value is -3.34. The van der Waals surface area contributed by atoms with Crippen molar-refractivity contribution < 1.29 is 64.7 Å². The predicted molar refractivity (Wildman–Crippen MR) is 158 cm³/mol. The third kappa shape index (κ3) is 8.61. The summed E-state index contributed by atoms with van der Waals surface area (Å²) in [5.41, 5.74) is 4.19. The van der Waals surface area contributed by atoms with E-state index < -0.39 is 42.1 Å². The van der Waals surface area contributed by atoms with Crippen LogP contribution in [0.4, 0.5) is 14.5 Å². The maximum Gasteiger partial charge on any atom is 1.00 e. The number of halogens is 2. The minimum Gasteiger partial charge on any atom is -1.00 e. The van der Waals surface area contributed by atoms with Gasteiger partial charge in [0, 0.05) is 28.6 Å². The molecule has 0 saturated heterocycles. The summed E-state index contributed by atoms with van der Waals surface area (Å²) in [4.78, 5) is 25.0. The Balaban J connectivity index is 0.00000337. The van der Waals surface area contributed by atoms with Gasteiger partial charge in [-0.3, -0.25) is 9.59 Å². The SMILES string of the molecule is CC(C)n1c(CCC(O)C[C@@H](O)CC(=O)O)c(-c2ccc(F)cc2)c(-c2ccccc2)c1C(=O)Nc1ccc(F)cc1.[H-].[Na+]. The second kappa shape index (κ2) is 15.4.